The maximum absolute atomic E-state index is 10.9. The Bertz CT molecular complexity index is 996. The largest absolute Gasteiger partial charge is 0.497 e. The molecule has 1 N–H and O–H groups in total. The van der Waals surface area contributed by atoms with E-state index in [-0.39, 0.29) is 16.0 Å². The number of hydrogen-bond donors (Lipinski definition) is 1. The highest BCUT2D eigenvalue weighted by Gasteiger charge is 2.41. The van der Waals surface area contributed by atoms with Crippen LogP contribution in [0.2, 0.25) is 0 Å². The number of benzene rings is 2. The molecule has 0 spiro atoms. The highest BCUT2D eigenvalue weighted by molar-refractivity contribution is 5.75. The van der Waals surface area contributed by atoms with Gasteiger partial charge >= 0.3 is 0 Å². The van der Waals surface area contributed by atoms with E-state index in [0.717, 1.165) is 43.7 Å². The number of hydrogen-bond acceptors (Lipinski definition) is 4. The molecule has 0 amide bonds. The molecule has 2 aliphatic rings. The van der Waals surface area contributed by atoms with Crippen LogP contribution in [-0.2, 0) is 6.42 Å². The Balaban J connectivity index is 1.58. The molecule has 2 aliphatic carbocycles. The summed E-state index contributed by atoms with van der Waals surface area (Å²) < 4.78 is 5.44. The minimum absolute atomic E-state index is 0.130. The molecule has 0 saturated carbocycles. The van der Waals surface area contributed by atoms with Crippen LogP contribution in [0.15, 0.2) is 48.0 Å². The van der Waals surface area contributed by atoms with Gasteiger partial charge in [-0.15, -0.1) is 0 Å². The average Bonchev–Trinajstić information content (AvgIpc) is 2.79. The molecule has 0 fully saturated rings. The first-order valence-electron chi connectivity index (χ1n) is 11.3. The maximum Gasteiger partial charge on any atom is 0.269 e. The number of allylic oxidation sites excluding steroid dienone is 2. The van der Waals surface area contributed by atoms with Gasteiger partial charge in [0, 0.05) is 24.4 Å². The summed E-state index contributed by atoms with van der Waals surface area (Å²) in [5, 5.41) is 14.5. The summed E-state index contributed by atoms with van der Waals surface area (Å²) >= 11 is 0. The Kier molecular flexibility index (Phi) is 6.03. The van der Waals surface area contributed by atoms with E-state index < -0.39 is 0 Å². The molecule has 2 aromatic carbocycles. The third-order valence-electron chi connectivity index (χ3n) is 7.25. The minimum atomic E-state index is -0.353. The summed E-state index contributed by atoms with van der Waals surface area (Å²) in [7, 11) is 1.73. The van der Waals surface area contributed by atoms with Gasteiger partial charge in [0.2, 0.25) is 0 Å². The predicted molar refractivity (Wildman–Crippen MR) is 126 cm³/mol. The monoisotopic (exact) mass is 420 g/mol. The van der Waals surface area contributed by atoms with Crippen LogP contribution in [-0.4, -0.2) is 18.6 Å². The molecule has 5 heteroatoms. The van der Waals surface area contributed by atoms with Gasteiger partial charge < -0.3 is 10.1 Å². The normalized spacial score (nSPS) is 22.5. The predicted octanol–water partition coefficient (Wildman–Crippen LogP) is 6.63. The van der Waals surface area contributed by atoms with Crippen LogP contribution in [0.5, 0.6) is 5.75 Å². The SMILES string of the molecule is CCC[C@H]1C2=C(CC[C@]1(C)CNc1ccc([N+](=O)[O-])cc1)c1ccc(OC)cc1CC2. The van der Waals surface area contributed by atoms with Crippen LogP contribution >= 0.6 is 0 Å². The van der Waals surface area contributed by atoms with Gasteiger partial charge in [-0.25, -0.2) is 0 Å². The first-order chi connectivity index (χ1) is 14.9. The van der Waals surface area contributed by atoms with Crippen molar-refractivity contribution in [2.75, 3.05) is 19.0 Å². The first kappa shape index (κ1) is 21.4. The lowest BCUT2D eigenvalue weighted by atomic mass is 9.60. The molecule has 0 radical (unpaired) electrons. The molecule has 0 saturated heterocycles. The molecule has 5 nitrogen and oxygen atoms in total. The molecule has 164 valence electrons. The van der Waals surface area contributed by atoms with E-state index >= 15 is 0 Å². The molecule has 4 rings (SSSR count). The highest BCUT2D eigenvalue weighted by atomic mass is 16.6. The maximum atomic E-state index is 10.9. The molecule has 0 aliphatic heterocycles. The number of nitro benzene ring substituents is 1. The second-order valence-corrected chi connectivity index (χ2v) is 9.18. The van der Waals surface area contributed by atoms with Crippen molar-refractivity contribution in [3.05, 3.63) is 69.3 Å². The Morgan fingerprint density at radius 1 is 1.16 bits per heavy atom. The summed E-state index contributed by atoms with van der Waals surface area (Å²) in [5.74, 6) is 1.50. The standard InChI is InChI=1S/C26H32N2O3/c1-4-5-25-24-12-6-18-16-21(31-3)11-13-22(18)23(24)14-15-26(25,2)17-27-19-7-9-20(10-8-19)28(29)30/h7-11,13,16,25,27H,4-6,12,14-15,17H2,1-3H3/t25-,26+/m0/s1. The number of non-ortho nitro benzene ring substituents is 1. The quantitative estimate of drug-likeness (QED) is 0.403. The molecular weight excluding hydrogens is 388 g/mol. The zero-order chi connectivity index (χ0) is 22.0. The van der Waals surface area contributed by atoms with Crippen LogP contribution in [0.1, 0.15) is 57.1 Å². The summed E-state index contributed by atoms with van der Waals surface area (Å²) in [6.07, 6.45) is 6.83. The van der Waals surface area contributed by atoms with Gasteiger partial charge in [0.05, 0.1) is 12.0 Å². The highest BCUT2D eigenvalue weighted by Crippen LogP contribution is 2.52. The van der Waals surface area contributed by atoms with E-state index in [4.69, 9.17) is 4.74 Å². The molecule has 2 aromatic rings. The third kappa shape index (κ3) is 4.18. The van der Waals surface area contributed by atoms with Gasteiger partial charge in [0.25, 0.3) is 5.69 Å². The second kappa shape index (κ2) is 8.74. The van der Waals surface area contributed by atoms with Gasteiger partial charge in [0.1, 0.15) is 5.75 Å². The lowest BCUT2D eigenvalue weighted by Crippen LogP contribution is -2.39. The number of fused-ring (bicyclic) bond motifs is 2. The number of nitro groups is 1. The molecule has 31 heavy (non-hydrogen) atoms. The van der Waals surface area contributed by atoms with E-state index in [9.17, 15) is 10.1 Å². The van der Waals surface area contributed by atoms with E-state index in [2.05, 4.69) is 37.4 Å². The number of anilines is 1. The van der Waals surface area contributed by atoms with E-state index in [1.54, 1.807) is 30.4 Å². The second-order valence-electron chi connectivity index (χ2n) is 9.18. The van der Waals surface area contributed by atoms with E-state index in [1.165, 1.54) is 24.0 Å². The molecule has 0 unspecified atom stereocenters. The Labute approximate surface area is 184 Å². The van der Waals surface area contributed by atoms with Gasteiger partial charge in [-0.3, -0.25) is 10.1 Å². The Morgan fingerprint density at radius 2 is 1.94 bits per heavy atom. The van der Waals surface area contributed by atoms with Crippen molar-refractivity contribution in [1.29, 1.82) is 0 Å². The number of nitrogens with zero attached hydrogens (tertiary/aromatic N) is 1. The van der Waals surface area contributed by atoms with Crippen LogP contribution < -0.4 is 10.1 Å². The summed E-state index contributed by atoms with van der Waals surface area (Å²) in [5.41, 5.74) is 7.30. The van der Waals surface area contributed by atoms with Crippen molar-refractivity contribution in [3.63, 3.8) is 0 Å². The third-order valence-corrected chi connectivity index (χ3v) is 7.25. The van der Waals surface area contributed by atoms with Gasteiger partial charge in [-0.2, -0.15) is 0 Å². The molecule has 0 aromatic heterocycles. The van der Waals surface area contributed by atoms with Gasteiger partial charge in [-0.1, -0.05) is 31.9 Å². The van der Waals surface area contributed by atoms with Crippen molar-refractivity contribution in [2.24, 2.45) is 11.3 Å². The fourth-order valence-electron chi connectivity index (χ4n) is 5.50. The molecule has 0 heterocycles. The Hall–Kier alpha value is -2.82. The molecule has 2 atom stereocenters. The lowest BCUT2D eigenvalue weighted by Gasteiger charge is -2.46. The van der Waals surface area contributed by atoms with Crippen molar-refractivity contribution in [1.82, 2.24) is 0 Å². The number of ether oxygens (including phenoxy) is 1. The first-order valence-corrected chi connectivity index (χ1v) is 11.3. The van der Waals surface area contributed by atoms with Crippen molar-refractivity contribution in [3.8, 4) is 5.75 Å². The number of aryl methyl sites for hydroxylation is 1. The fourth-order valence-corrected chi connectivity index (χ4v) is 5.50. The Morgan fingerprint density at radius 3 is 2.61 bits per heavy atom. The van der Waals surface area contributed by atoms with Crippen molar-refractivity contribution >= 4 is 16.9 Å². The fraction of sp³-hybridized carbons (Fsp3) is 0.462. The number of nitrogens with one attached hydrogen (secondary N) is 1. The topological polar surface area (TPSA) is 64.4 Å². The van der Waals surface area contributed by atoms with Crippen LogP contribution in [0, 0.1) is 21.4 Å². The number of methoxy groups -OCH3 is 1. The average molecular weight is 421 g/mol. The summed E-state index contributed by atoms with van der Waals surface area (Å²) in [6.45, 7) is 5.57. The molecule has 0 bridgehead atoms. The zero-order valence-corrected chi connectivity index (χ0v) is 18.7. The van der Waals surface area contributed by atoms with Gasteiger partial charge in [-0.05, 0) is 84.4 Å². The summed E-state index contributed by atoms with van der Waals surface area (Å²) in [6, 6.07) is 13.3. The van der Waals surface area contributed by atoms with E-state index in [1.807, 2.05) is 12.1 Å². The molecular formula is C26H32N2O3. The summed E-state index contributed by atoms with van der Waals surface area (Å²) in [4.78, 5) is 10.6. The smallest absolute Gasteiger partial charge is 0.269 e. The lowest BCUT2D eigenvalue weighted by molar-refractivity contribution is -0.384. The van der Waals surface area contributed by atoms with Crippen molar-refractivity contribution < 1.29 is 9.66 Å². The van der Waals surface area contributed by atoms with E-state index in [0.29, 0.717) is 5.92 Å². The zero-order valence-electron chi connectivity index (χ0n) is 18.7. The van der Waals surface area contributed by atoms with Crippen molar-refractivity contribution in [2.45, 2.75) is 52.4 Å². The van der Waals surface area contributed by atoms with Crippen LogP contribution in [0.4, 0.5) is 11.4 Å². The van der Waals surface area contributed by atoms with Crippen LogP contribution in [0.3, 0.4) is 0 Å². The number of rotatable bonds is 7. The van der Waals surface area contributed by atoms with Crippen LogP contribution in [0.25, 0.3) is 5.57 Å². The minimum Gasteiger partial charge on any atom is -0.497 e. The van der Waals surface area contributed by atoms with Gasteiger partial charge in [0.15, 0.2) is 0 Å².